The summed E-state index contributed by atoms with van der Waals surface area (Å²) in [5, 5.41) is 7.01. The van der Waals surface area contributed by atoms with Crippen molar-refractivity contribution in [3.63, 3.8) is 0 Å². The lowest BCUT2D eigenvalue weighted by Gasteiger charge is -2.11. The molecule has 0 fully saturated rings. The predicted octanol–water partition coefficient (Wildman–Crippen LogP) is 4.64. The van der Waals surface area contributed by atoms with Crippen molar-refractivity contribution in [1.29, 1.82) is 0 Å². The molecule has 0 saturated heterocycles. The van der Waals surface area contributed by atoms with E-state index < -0.39 is 11.9 Å². The number of hydrogen-bond donors (Lipinski definition) is 2. The SMILES string of the molecule is CCOC(=O)CC(=O)NCC#Cc1ccc2ncnc(Nc3ccc(Oc4cccnc4)c(Cl)c3)c2c1. The molecule has 0 unspecified atom stereocenters. The van der Waals surface area contributed by atoms with Gasteiger partial charge in [0.2, 0.25) is 5.91 Å². The Labute approximate surface area is 218 Å². The van der Waals surface area contributed by atoms with Crippen LogP contribution in [0.1, 0.15) is 18.9 Å². The molecule has 0 aliphatic heterocycles. The van der Waals surface area contributed by atoms with Gasteiger partial charge in [0.25, 0.3) is 0 Å². The van der Waals surface area contributed by atoms with Crippen molar-refractivity contribution in [3.05, 3.63) is 77.8 Å². The molecule has 0 aliphatic carbocycles. The Kier molecular flexibility index (Phi) is 8.47. The fraction of sp³-hybridized carbons (Fsp3) is 0.148. The molecule has 0 aliphatic rings. The summed E-state index contributed by atoms with van der Waals surface area (Å²) in [6.07, 6.45) is 4.40. The van der Waals surface area contributed by atoms with Crippen LogP contribution in [0.5, 0.6) is 11.5 Å². The number of aromatic nitrogens is 3. The minimum absolute atomic E-state index is 0.0959. The number of carbonyl (C=O) groups excluding carboxylic acids is 2. The third-order valence-corrected chi connectivity index (χ3v) is 5.20. The first kappa shape index (κ1) is 25.4. The predicted molar refractivity (Wildman–Crippen MR) is 140 cm³/mol. The molecule has 0 bridgehead atoms. The maximum atomic E-state index is 11.7. The zero-order chi connectivity index (χ0) is 26.0. The number of pyridine rings is 1. The molecular formula is C27H22ClN5O4. The highest BCUT2D eigenvalue weighted by atomic mass is 35.5. The van der Waals surface area contributed by atoms with E-state index in [0.717, 1.165) is 10.9 Å². The Morgan fingerprint density at radius 1 is 1.11 bits per heavy atom. The van der Waals surface area contributed by atoms with Gasteiger partial charge in [-0.15, -0.1) is 0 Å². The van der Waals surface area contributed by atoms with Crippen molar-refractivity contribution in [2.45, 2.75) is 13.3 Å². The number of hydrogen-bond acceptors (Lipinski definition) is 8. The molecule has 0 spiro atoms. The summed E-state index contributed by atoms with van der Waals surface area (Å²) >= 11 is 6.43. The van der Waals surface area contributed by atoms with Gasteiger partial charge in [-0.3, -0.25) is 14.6 Å². The second-order valence-corrected chi connectivity index (χ2v) is 7.98. The third-order valence-electron chi connectivity index (χ3n) is 4.91. The van der Waals surface area contributed by atoms with Gasteiger partial charge >= 0.3 is 5.97 Å². The number of amides is 1. The number of esters is 1. The highest BCUT2D eigenvalue weighted by Crippen LogP contribution is 2.33. The van der Waals surface area contributed by atoms with E-state index in [9.17, 15) is 9.59 Å². The molecule has 2 aromatic heterocycles. The van der Waals surface area contributed by atoms with Crippen LogP contribution in [0.25, 0.3) is 10.9 Å². The Morgan fingerprint density at radius 3 is 2.78 bits per heavy atom. The van der Waals surface area contributed by atoms with Crippen molar-refractivity contribution in [2.24, 2.45) is 0 Å². The molecule has 4 rings (SSSR count). The van der Waals surface area contributed by atoms with E-state index in [4.69, 9.17) is 21.1 Å². The number of nitrogens with one attached hydrogen (secondary N) is 2. The molecule has 2 heterocycles. The van der Waals surface area contributed by atoms with E-state index in [2.05, 4.69) is 37.4 Å². The van der Waals surface area contributed by atoms with Gasteiger partial charge in [0, 0.05) is 22.8 Å². The number of fused-ring (bicyclic) bond motifs is 1. The Hall–Kier alpha value is -4.68. The van der Waals surface area contributed by atoms with Crippen molar-refractivity contribution >= 4 is 45.9 Å². The normalized spacial score (nSPS) is 10.2. The Bertz CT molecular complexity index is 1480. The first-order valence-corrected chi connectivity index (χ1v) is 11.7. The highest BCUT2D eigenvalue weighted by molar-refractivity contribution is 6.32. The molecule has 2 N–H and O–H groups in total. The van der Waals surface area contributed by atoms with Crippen LogP contribution in [0.4, 0.5) is 11.5 Å². The summed E-state index contributed by atoms with van der Waals surface area (Å²) in [7, 11) is 0. The molecule has 9 nitrogen and oxygen atoms in total. The van der Waals surface area contributed by atoms with Crippen LogP contribution in [0.2, 0.25) is 5.02 Å². The fourth-order valence-electron chi connectivity index (χ4n) is 3.26. The number of carbonyl (C=O) groups is 2. The Morgan fingerprint density at radius 2 is 2.00 bits per heavy atom. The van der Waals surface area contributed by atoms with Crippen LogP contribution < -0.4 is 15.4 Å². The first-order chi connectivity index (χ1) is 18.0. The van der Waals surface area contributed by atoms with Crippen molar-refractivity contribution in [2.75, 3.05) is 18.5 Å². The second kappa shape index (κ2) is 12.3. The lowest BCUT2D eigenvalue weighted by atomic mass is 10.1. The number of halogens is 1. The number of benzene rings is 2. The average Bonchev–Trinajstić information content (AvgIpc) is 2.89. The van der Waals surface area contributed by atoms with Crippen LogP contribution in [0.15, 0.2) is 67.3 Å². The van der Waals surface area contributed by atoms with E-state index in [0.29, 0.717) is 33.6 Å². The summed E-state index contributed by atoms with van der Waals surface area (Å²) in [5.74, 6) is 6.52. The highest BCUT2D eigenvalue weighted by Gasteiger charge is 2.10. The van der Waals surface area contributed by atoms with Crippen molar-refractivity contribution < 1.29 is 19.1 Å². The molecule has 1 amide bonds. The van der Waals surface area contributed by atoms with Gasteiger partial charge in [-0.05, 0) is 55.5 Å². The summed E-state index contributed by atoms with van der Waals surface area (Å²) in [5.41, 5.74) is 2.15. The summed E-state index contributed by atoms with van der Waals surface area (Å²) < 4.78 is 10.5. The molecule has 10 heteroatoms. The smallest absolute Gasteiger partial charge is 0.315 e. The van der Waals surface area contributed by atoms with Gasteiger partial charge in [-0.25, -0.2) is 9.97 Å². The van der Waals surface area contributed by atoms with Gasteiger partial charge in [-0.2, -0.15) is 0 Å². The van der Waals surface area contributed by atoms with Gasteiger partial charge in [0.1, 0.15) is 30.1 Å². The second-order valence-electron chi connectivity index (χ2n) is 7.58. The van der Waals surface area contributed by atoms with Crippen LogP contribution in [0.3, 0.4) is 0 Å². The topological polar surface area (TPSA) is 115 Å². The third kappa shape index (κ3) is 7.16. The van der Waals surface area contributed by atoms with Gasteiger partial charge < -0.3 is 20.1 Å². The van der Waals surface area contributed by atoms with Gasteiger partial charge in [-0.1, -0.05) is 23.4 Å². The molecule has 0 atom stereocenters. The maximum Gasteiger partial charge on any atom is 0.315 e. The van der Waals surface area contributed by atoms with E-state index in [1.54, 1.807) is 43.6 Å². The maximum absolute atomic E-state index is 11.7. The molecule has 4 aromatic rings. The van der Waals surface area contributed by atoms with E-state index in [1.807, 2.05) is 24.3 Å². The summed E-state index contributed by atoms with van der Waals surface area (Å²) in [6.45, 7) is 2.01. The molecule has 186 valence electrons. The van der Waals surface area contributed by atoms with Crippen LogP contribution in [-0.2, 0) is 14.3 Å². The monoisotopic (exact) mass is 515 g/mol. The molecule has 0 saturated carbocycles. The van der Waals surface area contributed by atoms with Gasteiger partial charge in [0.15, 0.2) is 0 Å². The van der Waals surface area contributed by atoms with Crippen molar-refractivity contribution in [3.8, 4) is 23.3 Å². The van der Waals surface area contributed by atoms with Crippen LogP contribution in [-0.4, -0.2) is 40.0 Å². The standard InChI is InChI=1S/C27H22ClN5O4/c1-2-36-26(35)15-25(34)30-12-3-5-18-7-9-23-21(13-18)27(32-17-31-23)33-19-8-10-24(22(28)14-19)37-20-6-4-11-29-16-20/h4,6-11,13-14,16-17H,2,12,15H2,1H3,(H,30,34)(H,31,32,33). The molecule has 0 radical (unpaired) electrons. The summed E-state index contributed by atoms with van der Waals surface area (Å²) in [4.78, 5) is 35.8. The largest absolute Gasteiger partial charge is 0.466 e. The van der Waals surface area contributed by atoms with E-state index in [-0.39, 0.29) is 19.6 Å². The van der Waals surface area contributed by atoms with Crippen molar-refractivity contribution in [1.82, 2.24) is 20.3 Å². The fourth-order valence-corrected chi connectivity index (χ4v) is 3.48. The summed E-state index contributed by atoms with van der Waals surface area (Å²) in [6, 6.07) is 14.4. The quantitative estimate of drug-likeness (QED) is 0.198. The van der Waals surface area contributed by atoms with Gasteiger partial charge in [0.05, 0.1) is 29.9 Å². The number of nitrogens with zero attached hydrogens (tertiary/aromatic N) is 3. The molecule has 37 heavy (non-hydrogen) atoms. The lowest BCUT2D eigenvalue weighted by Crippen LogP contribution is -2.26. The van der Waals surface area contributed by atoms with E-state index >= 15 is 0 Å². The average molecular weight is 516 g/mol. The van der Waals surface area contributed by atoms with E-state index in [1.165, 1.54) is 6.33 Å². The molecule has 2 aromatic carbocycles. The zero-order valence-electron chi connectivity index (χ0n) is 19.8. The minimum atomic E-state index is -0.570. The Balaban J connectivity index is 1.45. The number of rotatable bonds is 8. The number of anilines is 2. The van der Waals surface area contributed by atoms with Crippen LogP contribution >= 0.6 is 11.6 Å². The minimum Gasteiger partial charge on any atom is -0.466 e. The lowest BCUT2D eigenvalue weighted by molar-refractivity contribution is -0.145. The first-order valence-electron chi connectivity index (χ1n) is 11.3. The molecular weight excluding hydrogens is 494 g/mol. The number of ether oxygens (including phenoxy) is 2. The van der Waals surface area contributed by atoms with Crippen LogP contribution in [0, 0.1) is 11.8 Å². The zero-order valence-corrected chi connectivity index (χ0v) is 20.6.